The van der Waals surface area contributed by atoms with Crippen LogP contribution in [0.4, 0.5) is 0 Å². The molecule has 0 saturated heterocycles. The Balaban J connectivity index is 1.52. The molecule has 0 radical (unpaired) electrons. The molecular weight excluding hydrogens is 358 g/mol. The zero-order valence-electron chi connectivity index (χ0n) is 16.1. The summed E-state index contributed by atoms with van der Waals surface area (Å²) in [5.74, 6) is 2.39. The average molecular weight is 381 g/mol. The summed E-state index contributed by atoms with van der Waals surface area (Å²) in [7, 11) is 3.24. The first-order valence-corrected chi connectivity index (χ1v) is 8.99. The fourth-order valence-electron chi connectivity index (χ4n) is 2.72. The van der Waals surface area contributed by atoms with Gasteiger partial charge < -0.3 is 19.3 Å². The maximum atomic E-state index is 12.2. The summed E-state index contributed by atoms with van der Waals surface area (Å²) in [5, 5.41) is 6.95. The smallest absolute Gasteiger partial charge is 0.227 e. The third-order valence-corrected chi connectivity index (χ3v) is 4.38. The van der Waals surface area contributed by atoms with Crippen LogP contribution in [0.1, 0.15) is 30.8 Å². The zero-order valence-corrected chi connectivity index (χ0v) is 16.1. The Bertz CT molecular complexity index is 904. The maximum absolute atomic E-state index is 12.2. The summed E-state index contributed by atoms with van der Waals surface area (Å²) in [4.78, 5) is 16.6. The monoisotopic (exact) mass is 381 g/mol. The van der Waals surface area contributed by atoms with Gasteiger partial charge in [-0.25, -0.2) is 0 Å². The summed E-state index contributed by atoms with van der Waals surface area (Å²) < 4.78 is 15.5. The van der Waals surface area contributed by atoms with Crippen LogP contribution in [0.25, 0.3) is 11.4 Å². The van der Waals surface area contributed by atoms with Crippen LogP contribution in [0.5, 0.6) is 11.5 Å². The van der Waals surface area contributed by atoms with Crippen LogP contribution in [0, 0.1) is 0 Å². The van der Waals surface area contributed by atoms with Gasteiger partial charge in [0.05, 0.1) is 20.3 Å². The molecule has 1 amide bonds. The predicted octanol–water partition coefficient (Wildman–Crippen LogP) is 3.56. The second-order valence-electron chi connectivity index (χ2n) is 6.30. The molecule has 7 nitrogen and oxygen atoms in total. The first kappa shape index (κ1) is 19.4. The van der Waals surface area contributed by atoms with Crippen molar-refractivity contribution in [2.45, 2.75) is 25.8 Å². The van der Waals surface area contributed by atoms with Crippen LogP contribution in [0.3, 0.4) is 0 Å². The van der Waals surface area contributed by atoms with Crippen molar-refractivity contribution in [2.75, 3.05) is 14.2 Å². The van der Waals surface area contributed by atoms with E-state index < -0.39 is 0 Å². The SMILES string of the molecule is COc1ccc(-c2noc(CCC(=O)NC(C)c3ccc(OC)cc3)n2)cc1. The highest BCUT2D eigenvalue weighted by Crippen LogP contribution is 2.20. The molecule has 0 bridgehead atoms. The lowest BCUT2D eigenvalue weighted by Gasteiger charge is -2.14. The standard InChI is InChI=1S/C21H23N3O4/c1-14(15-4-8-17(26-2)9-5-15)22-19(25)12-13-20-23-21(24-28-20)16-6-10-18(27-3)11-7-16/h4-11,14H,12-13H2,1-3H3,(H,22,25). The number of benzene rings is 2. The number of hydrogen-bond donors (Lipinski definition) is 1. The molecule has 3 aromatic rings. The van der Waals surface area contributed by atoms with Gasteiger partial charge in [0, 0.05) is 18.4 Å². The minimum atomic E-state index is -0.101. The summed E-state index contributed by atoms with van der Waals surface area (Å²) in [5.41, 5.74) is 1.84. The molecule has 1 heterocycles. The molecule has 0 aliphatic carbocycles. The van der Waals surface area contributed by atoms with Gasteiger partial charge in [0.25, 0.3) is 0 Å². The molecule has 3 rings (SSSR count). The number of nitrogens with one attached hydrogen (secondary N) is 1. The lowest BCUT2D eigenvalue weighted by molar-refractivity contribution is -0.121. The van der Waals surface area contributed by atoms with Crippen molar-refractivity contribution in [3.8, 4) is 22.9 Å². The third kappa shape index (κ3) is 4.88. The summed E-state index contributed by atoms with van der Waals surface area (Å²) in [6, 6.07) is 14.9. The number of aryl methyl sites for hydroxylation is 1. The number of ether oxygens (including phenoxy) is 2. The van der Waals surface area contributed by atoms with E-state index in [0.717, 1.165) is 22.6 Å². The number of carbonyl (C=O) groups is 1. The van der Waals surface area contributed by atoms with Crippen molar-refractivity contribution < 1.29 is 18.8 Å². The van der Waals surface area contributed by atoms with Gasteiger partial charge in [0.1, 0.15) is 11.5 Å². The Hall–Kier alpha value is -3.35. The lowest BCUT2D eigenvalue weighted by atomic mass is 10.1. The zero-order chi connectivity index (χ0) is 19.9. The highest BCUT2D eigenvalue weighted by molar-refractivity contribution is 5.76. The molecule has 2 aromatic carbocycles. The van der Waals surface area contributed by atoms with Crippen molar-refractivity contribution in [2.24, 2.45) is 0 Å². The molecule has 1 atom stereocenters. The molecule has 0 fully saturated rings. The molecule has 1 aromatic heterocycles. The Morgan fingerprint density at radius 1 is 1.04 bits per heavy atom. The van der Waals surface area contributed by atoms with Crippen molar-refractivity contribution >= 4 is 5.91 Å². The van der Waals surface area contributed by atoms with Crippen LogP contribution in [0.15, 0.2) is 53.1 Å². The minimum Gasteiger partial charge on any atom is -0.497 e. The molecule has 0 aliphatic rings. The normalized spacial score (nSPS) is 11.7. The van der Waals surface area contributed by atoms with E-state index in [0.29, 0.717) is 18.1 Å². The second kappa shape index (κ2) is 9.03. The van der Waals surface area contributed by atoms with Crippen LogP contribution >= 0.6 is 0 Å². The Morgan fingerprint density at radius 2 is 1.64 bits per heavy atom. The van der Waals surface area contributed by atoms with Crippen molar-refractivity contribution in [3.05, 3.63) is 60.0 Å². The number of aromatic nitrogens is 2. The van der Waals surface area contributed by atoms with Gasteiger partial charge in [0.15, 0.2) is 0 Å². The van der Waals surface area contributed by atoms with E-state index >= 15 is 0 Å². The van der Waals surface area contributed by atoms with Gasteiger partial charge in [-0.15, -0.1) is 0 Å². The lowest BCUT2D eigenvalue weighted by Crippen LogP contribution is -2.26. The third-order valence-electron chi connectivity index (χ3n) is 4.38. The molecule has 28 heavy (non-hydrogen) atoms. The van der Waals surface area contributed by atoms with Crippen molar-refractivity contribution in [1.82, 2.24) is 15.5 Å². The maximum Gasteiger partial charge on any atom is 0.227 e. The van der Waals surface area contributed by atoms with E-state index in [1.807, 2.05) is 55.5 Å². The largest absolute Gasteiger partial charge is 0.497 e. The van der Waals surface area contributed by atoms with Crippen molar-refractivity contribution in [3.63, 3.8) is 0 Å². The van der Waals surface area contributed by atoms with E-state index in [9.17, 15) is 4.79 Å². The van der Waals surface area contributed by atoms with Gasteiger partial charge >= 0.3 is 0 Å². The quantitative estimate of drug-likeness (QED) is 0.642. The highest BCUT2D eigenvalue weighted by Gasteiger charge is 2.13. The number of rotatable bonds is 8. The van der Waals surface area contributed by atoms with E-state index in [1.54, 1.807) is 14.2 Å². The van der Waals surface area contributed by atoms with Crippen LogP contribution < -0.4 is 14.8 Å². The number of methoxy groups -OCH3 is 2. The highest BCUT2D eigenvalue weighted by atomic mass is 16.5. The van der Waals surface area contributed by atoms with Crippen molar-refractivity contribution in [1.29, 1.82) is 0 Å². The second-order valence-corrected chi connectivity index (χ2v) is 6.30. The molecule has 0 saturated carbocycles. The van der Waals surface area contributed by atoms with E-state index in [-0.39, 0.29) is 18.4 Å². The predicted molar refractivity (Wildman–Crippen MR) is 104 cm³/mol. The van der Waals surface area contributed by atoms with Crippen LogP contribution in [-0.2, 0) is 11.2 Å². The summed E-state index contributed by atoms with van der Waals surface area (Å²) >= 11 is 0. The average Bonchev–Trinajstić information content (AvgIpc) is 3.21. The Kier molecular flexibility index (Phi) is 6.26. The van der Waals surface area contributed by atoms with Gasteiger partial charge in [-0.05, 0) is 48.9 Å². The Labute approximate surface area is 163 Å². The van der Waals surface area contributed by atoms with E-state index in [2.05, 4.69) is 15.5 Å². The molecule has 1 unspecified atom stereocenters. The van der Waals surface area contributed by atoms with Gasteiger partial charge in [0.2, 0.25) is 17.6 Å². The van der Waals surface area contributed by atoms with E-state index in [1.165, 1.54) is 0 Å². The minimum absolute atomic E-state index is 0.0764. The van der Waals surface area contributed by atoms with Gasteiger partial charge in [-0.3, -0.25) is 4.79 Å². The van der Waals surface area contributed by atoms with Crippen LogP contribution in [-0.4, -0.2) is 30.3 Å². The van der Waals surface area contributed by atoms with E-state index in [4.69, 9.17) is 14.0 Å². The number of hydrogen-bond acceptors (Lipinski definition) is 6. The van der Waals surface area contributed by atoms with Gasteiger partial charge in [-0.2, -0.15) is 4.98 Å². The molecule has 146 valence electrons. The fourth-order valence-corrected chi connectivity index (χ4v) is 2.72. The molecule has 0 aliphatic heterocycles. The number of amides is 1. The number of carbonyl (C=O) groups excluding carboxylic acids is 1. The topological polar surface area (TPSA) is 86.5 Å². The summed E-state index contributed by atoms with van der Waals surface area (Å²) in [6.45, 7) is 1.94. The Morgan fingerprint density at radius 3 is 2.25 bits per heavy atom. The van der Waals surface area contributed by atoms with Crippen LogP contribution in [0.2, 0.25) is 0 Å². The summed E-state index contributed by atoms with van der Waals surface area (Å²) in [6.07, 6.45) is 0.648. The fraction of sp³-hybridized carbons (Fsp3) is 0.286. The molecular formula is C21H23N3O4. The first-order chi connectivity index (χ1) is 13.6. The van der Waals surface area contributed by atoms with Gasteiger partial charge in [-0.1, -0.05) is 17.3 Å². The first-order valence-electron chi connectivity index (χ1n) is 8.99. The number of nitrogens with zero attached hydrogens (tertiary/aromatic N) is 2. The molecule has 0 spiro atoms. The molecule has 7 heteroatoms. The molecule has 1 N–H and O–H groups in total.